The van der Waals surface area contributed by atoms with E-state index < -0.39 is 0 Å². The van der Waals surface area contributed by atoms with Crippen molar-refractivity contribution in [2.45, 2.75) is 37.2 Å². The minimum atomic E-state index is -0.124. The maximum atomic E-state index is 11.5. The van der Waals surface area contributed by atoms with Crippen LogP contribution in [-0.2, 0) is 0 Å². The highest BCUT2D eigenvalue weighted by Crippen LogP contribution is 2.38. The Morgan fingerprint density at radius 1 is 1.42 bits per heavy atom. The van der Waals surface area contributed by atoms with Crippen LogP contribution in [0.2, 0.25) is 0 Å². The zero-order valence-corrected chi connectivity index (χ0v) is 12.8. The van der Waals surface area contributed by atoms with E-state index >= 15 is 0 Å². The lowest BCUT2D eigenvalue weighted by Gasteiger charge is -2.18. The minimum Gasteiger partial charge on any atom is -0.327 e. The highest BCUT2D eigenvalue weighted by molar-refractivity contribution is 7.99. The molecule has 2 heterocycles. The summed E-state index contributed by atoms with van der Waals surface area (Å²) < 4.78 is 0. The molecule has 0 aromatic carbocycles. The Labute approximate surface area is 120 Å². The molecule has 2 aromatic heterocycles. The number of hydrogen-bond donors (Lipinski definition) is 2. The zero-order chi connectivity index (χ0) is 14.0. The van der Waals surface area contributed by atoms with Gasteiger partial charge in [-0.3, -0.25) is 4.79 Å². The number of aromatic nitrogens is 2. The maximum Gasteiger partial charge on any atom is 0.251 e. The summed E-state index contributed by atoms with van der Waals surface area (Å²) in [5, 5.41) is 0.724. The molecular weight excluding hydrogens is 278 g/mol. The summed E-state index contributed by atoms with van der Waals surface area (Å²) in [6.07, 6.45) is 0. The highest BCUT2D eigenvalue weighted by atomic mass is 32.2. The van der Waals surface area contributed by atoms with E-state index in [-0.39, 0.29) is 16.9 Å². The first-order valence-electron chi connectivity index (χ1n) is 6.02. The largest absolute Gasteiger partial charge is 0.327 e. The van der Waals surface area contributed by atoms with Gasteiger partial charge in [0, 0.05) is 27.6 Å². The predicted octanol–water partition coefficient (Wildman–Crippen LogP) is 2.63. The molecule has 0 spiro atoms. The molecule has 2 unspecified atom stereocenters. The van der Waals surface area contributed by atoms with Crippen LogP contribution in [0, 0.1) is 13.8 Å². The van der Waals surface area contributed by atoms with Crippen LogP contribution in [0.1, 0.15) is 27.6 Å². The van der Waals surface area contributed by atoms with Crippen LogP contribution < -0.4 is 11.3 Å². The van der Waals surface area contributed by atoms with Crippen molar-refractivity contribution in [3.63, 3.8) is 0 Å². The number of aryl methyl sites for hydroxylation is 2. The number of H-pyrrole nitrogens is 1. The summed E-state index contributed by atoms with van der Waals surface area (Å²) in [5.41, 5.74) is 6.66. The summed E-state index contributed by atoms with van der Waals surface area (Å²) in [4.78, 5) is 21.0. The molecule has 0 aliphatic heterocycles. The van der Waals surface area contributed by atoms with E-state index in [4.69, 9.17) is 5.73 Å². The van der Waals surface area contributed by atoms with Crippen molar-refractivity contribution in [1.29, 1.82) is 0 Å². The Kier molecular flexibility index (Phi) is 4.44. The predicted molar refractivity (Wildman–Crippen MR) is 80.9 cm³/mol. The van der Waals surface area contributed by atoms with Gasteiger partial charge in [-0.25, -0.2) is 4.98 Å². The number of nitrogens with zero attached hydrogens (tertiary/aromatic N) is 1. The minimum absolute atomic E-state index is 0.0196. The van der Waals surface area contributed by atoms with E-state index in [9.17, 15) is 4.79 Å². The van der Waals surface area contributed by atoms with Crippen molar-refractivity contribution in [3.05, 3.63) is 44.0 Å². The van der Waals surface area contributed by atoms with Gasteiger partial charge < -0.3 is 10.7 Å². The van der Waals surface area contributed by atoms with Crippen LogP contribution in [0.3, 0.4) is 0 Å². The molecule has 19 heavy (non-hydrogen) atoms. The Bertz CT molecular complexity index is 618. The monoisotopic (exact) mass is 295 g/mol. The molecule has 0 aliphatic carbocycles. The molecule has 0 aliphatic rings. The number of hydrogen-bond acceptors (Lipinski definition) is 5. The second-order valence-electron chi connectivity index (χ2n) is 4.54. The second-order valence-corrected chi connectivity index (χ2v) is 6.99. The van der Waals surface area contributed by atoms with E-state index in [2.05, 4.69) is 29.0 Å². The molecule has 0 saturated carbocycles. The summed E-state index contributed by atoms with van der Waals surface area (Å²) >= 11 is 3.24. The molecule has 0 fully saturated rings. The summed E-state index contributed by atoms with van der Waals surface area (Å²) in [6.45, 7) is 5.86. The standard InChI is InChI=1S/C13H17N3OS2/c1-7-6-11(17)16-13(15-7)19-12(9(3)14)10-5-4-8(2)18-10/h4-6,9,12H,14H2,1-3H3,(H,15,16,17). The van der Waals surface area contributed by atoms with Gasteiger partial charge in [-0.2, -0.15) is 0 Å². The van der Waals surface area contributed by atoms with Crippen molar-refractivity contribution in [2.24, 2.45) is 5.73 Å². The Morgan fingerprint density at radius 2 is 2.16 bits per heavy atom. The fourth-order valence-corrected chi connectivity index (χ4v) is 4.03. The van der Waals surface area contributed by atoms with Gasteiger partial charge in [0.25, 0.3) is 5.56 Å². The number of thiophene rings is 1. The molecular formula is C13H17N3OS2. The van der Waals surface area contributed by atoms with E-state index in [0.29, 0.717) is 5.16 Å². The summed E-state index contributed by atoms with van der Waals surface area (Å²) in [5.74, 6) is 0. The quantitative estimate of drug-likeness (QED) is 0.672. The molecule has 2 atom stereocenters. The number of thioether (sulfide) groups is 1. The highest BCUT2D eigenvalue weighted by Gasteiger charge is 2.20. The normalized spacial score (nSPS) is 14.3. The van der Waals surface area contributed by atoms with Crippen molar-refractivity contribution < 1.29 is 0 Å². The van der Waals surface area contributed by atoms with E-state index in [1.807, 2.05) is 13.8 Å². The Morgan fingerprint density at radius 3 is 2.68 bits per heavy atom. The van der Waals surface area contributed by atoms with E-state index in [1.165, 1.54) is 27.6 Å². The van der Waals surface area contributed by atoms with Gasteiger partial charge in [-0.1, -0.05) is 11.8 Å². The van der Waals surface area contributed by atoms with Gasteiger partial charge in [0.2, 0.25) is 0 Å². The molecule has 0 saturated heterocycles. The van der Waals surface area contributed by atoms with Gasteiger partial charge in [-0.15, -0.1) is 11.3 Å². The molecule has 0 radical (unpaired) electrons. The molecule has 2 aromatic rings. The lowest BCUT2D eigenvalue weighted by atomic mass is 10.2. The van der Waals surface area contributed by atoms with Crippen molar-refractivity contribution in [2.75, 3.05) is 0 Å². The first-order valence-corrected chi connectivity index (χ1v) is 7.72. The first kappa shape index (κ1) is 14.3. The molecule has 2 rings (SSSR count). The maximum absolute atomic E-state index is 11.5. The smallest absolute Gasteiger partial charge is 0.251 e. The molecule has 0 amide bonds. The van der Waals surface area contributed by atoms with Gasteiger partial charge in [0.05, 0.1) is 5.25 Å². The number of aromatic amines is 1. The van der Waals surface area contributed by atoms with Crippen molar-refractivity contribution >= 4 is 23.1 Å². The molecule has 6 heteroatoms. The number of nitrogens with one attached hydrogen (secondary N) is 1. The fourth-order valence-electron chi connectivity index (χ4n) is 1.76. The third-order valence-corrected chi connectivity index (χ3v) is 5.19. The van der Waals surface area contributed by atoms with Gasteiger partial charge in [-0.05, 0) is 32.9 Å². The van der Waals surface area contributed by atoms with Gasteiger partial charge in [0.1, 0.15) is 0 Å². The lowest BCUT2D eigenvalue weighted by Crippen LogP contribution is -2.22. The average molecular weight is 295 g/mol. The van der Waals surface area contributed by atoms with Gasteiger partial charge in [0.15, 0.2) is 5.16 Å². The third kappa shape index (κ3) is 3.68. The third-order valence-electron chi connectivity index (χ3n) is 2.61. The van der Waals surface area contributed by atoms with E-state index in [1.54, 1.807) is 11.3 Å². The van der Waals surface area contributed by atoms with Crippen molar-refractivity contribution in [1.82, 2.24) is 9.97 Å². The molecule has 0 bridgehead atoms. The number of nitrogens with two attached hydrogens (primary N) is 1. The molecule has 4 nitrogen and oxygen atoms in total. The van der Waals surface area contributed by atoms with Crippen LogP contribution in [-0.4, -0.2) is 16.0 Å². The van der Waals surface area contributed by atoms with Gasteiger partial charge >= 0.3 is 0 Å². The van der Waals surface area contributed by atoms with E-state index in [0.717, 1.165) is 5.69 Å². The zero-order valence-electron chi connectivity index (χ0n) is 11.1. The summed E-state index contributed by atoms with van der Waals surface area (Å²) in [7, 11) is 0. The summed E-state index contributed by atoms with van der Waals surface area (Å²) in [6, 6.07) is 5.64. The Hall–Kier alpha value is -1.11. The molecule has 102 valence electrons. The van der Waals surface area contributed by atoms with Crippen LogP contribution in [0.5, 0.6) is 0 Å². The SMILES string of the molecule is Cc1cc(=O)[nH]c(SC(c2ccc(C)s2)C(C)N)n1. The van der Waals surface area contributed by atoms with Crippen LogP contribution >= 0.6 is 23.1 Å². The van der Waals surface area contributed by atoms with Crippen LogP contribution in [0.4, 0.5) is 0 Å². The molecule has 3 N–H and O–H groups in total. The number of rotatable bonds is 4. The fraction of sp³-hybridized carbons (Fsp3) is 0.385. The lowest BCUT2D eigenvalue weighted by molar-refractivity contribution is 0.725. The first-order chi connectivity index (χ1) is 8.95. The topological polar surface area (TPSA) is 71.8 Å². The second kappa shape index (κ2) is 5.90. The van der Waals surface area contributed by atoms with Crippen LogP contribution in [0.15, 0.2) is 28.2 Å². The van der Waals surface area contributed by atoms with Crippen LogP contribution in [0.25, 0.3) is 0 Å². The average Bonchev–Trinajstić information content (AvgIpc) is 2.70. The Balaban J connectivity index is 2.28. The van der Waals surface area contributed by atoms with Crippen molar-refractivity contribution in [3.8, 4) is 0 Å².